The Hall–Kier alpha value is -1.30. The molecule has 0 fully saturated rings. The van der Waals surface area contributed by atoms with Crippen molar-refractivity contribution in [2.45, 2.75) is 13.3 Å². The first-order valence-corrected chi connectivity index (χ1v) is 7.15. The van der Waals surface area contributed by atoms with Gasteiger partial charge >= 0.3 is 0 Å². The van der Waals surface area contributed by atoms with E-state index in [0.717, 1.165) is 0 Å². The third kappa shape index (κ3) is 4.22. The van der Waals surface area contributed by atoms with E-state index in [9.17, 15) is 12.8 Å². The Kier molecular flexibility index (Phi) is 4.74. The first-order valence-electron chi connectivity index (χ1n) is 5.33. The molecule has 0 bridgehead atoms. The summed E-state index contributed by atoms with van der Waals surface area (Å²) in [6, 6.07) is 4.18. The van der Waals surface area contributed by atoms with Gasteiger partial charge in [0.05, 0.1) is 17.2 Å². The van der Waals surface area contributed by atoms with Crippen LogP contribution < -0.4 is 10.5 Å². The fourth-order valence-corrected chi connectivity index (χ4v) is 2.52. The predicted molar refractivity (Wildman–Crippen MR) is 65.3 cm³/mol. The van der Waals surface area contributed by atoms with Crippen LogP contribution in [0.2, 0.25) is 0 Å². The van der Waals surface area contributed by atoms with E-state index in [4.69, 9.17) is 10.5 Å². The molecule has 0 saturated carbocycles. The summed E-state index contributed by atoms with van der Waals surface area (Å²) in [5.41, 5.74) is 5.68. The number of halogens is 1. The summed E-state index contributed by atoms with van der Waals surface area (Å²) in [5, 5.41) is 0. The quantitative estimate of drug-likeness (QED) is 0.790. The van der Waals surface area contributed by atoms with Crippen LogP contribution in [0.15, 0.2) is 18.2 Å². The standard InChI is InChI=1S/C11H16FNO3S/c1-2-7-17(14,15)8-6-16-11-9(12)4-3-5-10(11)13/h3-5H,2,6-8,13H2,1H3. The molecular weight excluding hydrogens is 245 g/mol. The van der Waals surface area contributed by atoms with Gasteiger partial charge in [0.1, 0.15) is 6.61 Å². The Labute approximate surface area is 101 Å². The highest BCUT2D eigenvalue weighted by Crippen LogP contribution is 2.24. The molecule has 0 saturated heterocycles. The van der Waals surface area contributed by atoms with Crippen LogP contribution in [0.4, 0.5) is 10.1 Å². The molecule has 0 heterocycles. The molecule has 0 atom stereocenters. The highest BCUT2D eigenvalue weighted by atomic mass is 32.2. The fourth-order valence-electron chi connectivity index (χ4n) is 1.36. The van der Waals surface area contributed by atoms with Gasteiger partial charge in [0.15, 0.2) is 21.4 Å². The van der Waals surface area contributed by atoms with Crippen LogP contribution in [0.3, 0.4) is 0 Å². The summed E-state index contributed by atoms with van der Waals surface area (Å²) in [7, 11) is -3.12. The van der Waals surface area contributed by atoms with Gasteiger partial charge in [-0.2, -0.15) is 0 Å². The van der Waals surface area contributed by atoms with Gasteiger partial charge in [-0.3, -0.25) is 0 Å². The molecule has 0 aliphatic heterocycles. The zero-order chi connectivity index (χ0) is 12.9. The predicted octanol–water partition coefficient (Wildman–Crippen LogP) is 1.61. The maximum atomic E-state index is 13.3. The molecule has 96 valence electrons. The molecule has 0 unspecified atom stereocenters. The van der Waals surface area contributed by atoms with E-state index in [-0.39, 0.29) is 29.5 Å². The van der Waals surface area contributed by atoms with E-state index in [2.05, 4.69) is 0 Å². The normalized spacial score (nSPS) is 11.4. The maximum absolute atomic E-state index is 13.3. The molecule has 6 heteroatoms. The zero-order valence-electron chi connectivity index (χ0n) is 9.65. The number of hydrogen-bond acceptors (Lipinski definition) is 4. The Morgan fingerprint density at radius 3 is 2.65 bits per heavy atom. The van der Waals surface area contributed by atoms with Crippen LogP contribution in [-0.4, -0.2) is 26.5 Å². The third-order valence-electron chi connectivity index (χ3n) is 2.15. The topological polar surface area (TPSA) is 69.4 Å². The Morgan fingerprint density at radius 1 is 1.35 bits per heavy atom. The largest absolute Gasteiger partial charge is 0.487 e. The summed E-state index contributed by atoms with van der Waals surface area (Å²) >= 11 is 0. The molecule has 0 radical (unpaired) electrons. The number of para-hydroxylation sites is 1. The lowest BCUT2D eigenvalue weighted by atomic mass is 10.3. The Bertz CT molecular complexity index is 453. The van der Waals surface area contributed by atoms with Crippen LogP contribution >= 0.6 is 0 Å². The number of benzene rings is 1. The monoisotopic (exact) mass is 261 g/mol. The minimum Gasteiger partial charge on any atom is -0.487 e. The molecule has 1 rings (SSSR count). The second kappa shape index (κ2) is 5.86. The van der Waals surface area contributed by atoms with Crippen molar-refractivity contribution in [3.8, 4) is 5.75 Å². The van der Waals surface area contributed by atoms with E-state index in [1.165, 1.54) is 18.2 Å². The summed E-state index contributed by atoms with van der Waals surface area (Å²) in [5.74, 6) is -0.686. The number of anilines is 1. The lowest BCUT2D eigenvalue weighted by molar-refractivity contribution is 0.324. The molecule has 1 aromatic rings. The second-order valence-corrected chi connectivity index (χ2v) is 5.96. The van der Waals surface area contributed by atoms with Gasteiger partial charge in [0.2, 0.25) is 0 Å². The van der Waals surface area contributed by atoms with Crippen molar-refractivity contribution in [1.29, 1.82) is 0 Å². The van der Waals surface area contributed by atoms with Gasteiger partial charge in [0.25, 0.3) is 0 Å². The number of nitrogen functional groups attached to an aromatic ring is 1. The van der Waals surface area contributed by atoms with Crippen molar-refractivity contribution in [3.05, 3.63) is 24.0 Å². The third-order valence-corrected chi connectivity index (χ3v) is 3.97. The molecular formula is C11H16FNO3S. The van der Waals surface area contributed by atoms with Gasteiger partial charge in [-0.05, 0) is 18.6 Å². The molecule has 0 aliphatic carbocycles. The van der Waals surface area contributed by atoms with Gasteiger partial charge < -0.3 is 10.5 Å². The summed E-state index contributed by atoms with van der Waals surface area (Å²) in [6.45, 7) is 1.70. The van der Waals surface area contributed by atoms with E-state index in [0.29, 0.717) is 6.42 Å². The van der Waals surface area contributed by atoms with Crippen molar-refractivity contribution in [2.75, 3.05) is 23.8 Å². The molecule has 0 spiro atoms. The first-order chi connectivity index (χ1) is 7.96. The number of hydrogen-bond donors (Lipinski definition) is 1. The van der Waals surface area contributed by atoms with Gasteiger partial charge in [-0.25, -0.2) is 12.8 Å². The van der Waals surface area contributed by atoms with Crippen LogP contribution in [0.25, 0.3) is 0 Å². The van der Waals surface area contributed by atoms with Crippen LogP contribution in [0, 0.1) is 5.82 Å². The van der Waals surface area contributed by atoms with Crippen molar-refractivity contribution in [1.82, 2.24) is 0 Å². The molecule has 0 aromatic heterocycles. The molecule has 4 nitrogen and oxygen atoms in total. The summed E-state index contributed by atoms with van der Waals surface area (Å²) in [4.78, 5) is 0. The van der Waals surface area contributed by atoms with Gasteiger partial charge in [-0.15, -0.1) is 0 Å². The van der Waals surface area contributed by atoms with E-state index in [1.807, 2.05) is 0 Å². The van der Waals surface area contributed by atoms with Crippen molar-refractivity contribution >= 4 is 15.5 Å². The SMILES string of the molecule is CCCS(=O)(=O)CCOc1c(N)cccc1F. The maximum Gasteiger partial charge on any atom is 0.177 e. The minimum absolute atomic E-state index is 0.0841. The lowest BCUT2D eigenvalue weighted by Gasteiger charge is -2.09. The Balaban J connectivity index is 2.57. The molecule has 0 aliphatic rings. The lowest BCUT2D eigenvalue weighted by Crippen LogP contribution is -2.17. The number of sulfone groups is 1. The summed E-state index contributed by atoms with van der Waals surface area (Å²) in [6.07, 6.45) is 0.560. The number of nitrogens with two attached hydrogens (primary N) is 1. The smallest absolute Gasteiger partial charge is 0.177 e. The highest BCUT2D eigenvalue weighted by Gasteiger charge is 2.12. The number of ether oxygens (including phenoxy) is 1. The van der Waals surface area contributed by atoms with Gasteiger partial charge in [0, 0.05) is 0 Å². The van der Waals surface area contributed by atoms with Crippen molar-refractivity contribution in [3.63, 3.8) is 0 Å². The van der Waals surface area contributed by atoms with Crippen molar-refractivity contribution in [2.24, 2.45) is 0 Å². The average Bonchev–Trinajstić information content (AvgIpc) is 2.22. The summed E-state index contributed by atoms with van der Waals surface area (Å²) < 4.78 is 41.1. The minimum atomic E-state index is -3.12. The fraction of sp³-hybridized carbons (Fsp3) is 0.455. The molecule has 2 N–H and O–H groups in total. The van der Waals surface area contributed by atoms with Crippen LogP contribution in [-0.2, 0) is 9.84 Å². The second-order valence-electron chi connectivity index (χ2n) is 3.66. The Morgan fingerprint density at radius 2 is 2.06 bits per heavy atom. The van der Waals surface area contributed by atoms with E-state index < -0.39 is 15.7 Å². The van der Waals surface area contributed by atoms with E-state index in [1.54, 1.807) is 6.92 Å². The van der Waals surface area contributed by atoms with Crippen molar-refractivity contribution < 1.29 is 17.5 Å². The van der Waals surface area contributed by atoms with Crippen LogP contribution in [0.1, 0.15) is 13.3 Å². The molecule has 0 amide bonds. The number of rotatable bonds is 6. The molecule has 17 heavy (non-hydrogen) atoms. The van der Waals surface area contributed by atoms with Crippen LogP contribution in [0.5, 0.6) is 5.75 Å². The first kappa shape index (κ1) is 13.8. The zero-order valence-corrected chi connectivity index (χ0v) is 10.5. The highest BCUT2D eigenvalue weighted by molar-refractivity contribution is 7.91. The van der Waals surface area contributed by atoms with Gasteiger partial charge in [-0.1, -0.05) is 13.0 Å². The molecule has 1 aromatic carbocycles. The average molecular weight is 261 g/mol. The van der Waals surface area contributed by atoms with E-state index >= 15 is 0 Å².